The van der Waals surface area contributed by atoms with Gasteiger partial charge in [0.25, 0.3) is 5.56 Å². The third kappa shape index (κ3) is 9.31. The zero-order valence-electron chi connectivity index (χ0n) is 25.4. The third-order valence-corrected chi connectivity index (χ3v) is 7.04. The van der Waals surface area contributed by atoms with Crippen LogP contribution in [0.2, 0.25) is 0 Å². The zero-order valence-corrected chi connectivity index (χ0v) is 25.4. The summed E-state index contributed by atoms with van der Waals surface area (Å²) in [7, 11) is 4.03. The van der Waals surface area contributed by atoms with Crippen molar-refractivity contribution in [1.82, 2.24) is 19.4 Å². The topological polar surface area (TPSA) is 58.4 Å². The Balaban J connectivity index is 0.00000260. The minimum absolute atomic E-state index is 0.108. The number of unbranched alkanes of at least 4 members (excludes halogenated alkanes) is 6. The minimum atomic E-state index is -0.351. The lowest BCUT2D eigenvalue weighted by Gasteiger charge is -2.31. The summed E-state index contributed by atoms with van der Waals surface area (Å²) in [6.07, 6.45) is 8.73. The van der Waals surface area contributed by atoms with E-state index in [2.05, 4.69) is 11.8 Å². The minimum Gasteiger partial charge on any atom is -0.331 e. The van der Waals surface area contributed by atoms with Gasteiger partial charge in [-0.05, 0) is 58.6 Å². The van der Waals surface area contributed by atoms with Gasteiger partial charge in [-0.2, -0.15) is 0 Å². The van der Waals surface area contributed by atoms with Crippen molar-refractivity contribution >= 4 is 16.8 Å². The van der Waals surface area contributed by atoms with E-state index < -0.39 is 0 Å². The number of aryl methyl sites for hydroxylation is 1. The fraction of sp³-hybridized carbons (Fsp3) is 0.545. The number of benzene rings is 2. The van der Waals surface area contributed by atoms with E-state index in [9.17, 15) is 9.59 Å². The van der Waals surface area contributed by atoms with Gasteiger partial charge in [0.1, 0.15) is 5.82 Å². The Hall–Kier alpha value is -2.99. The van der Waals surface area contributed by atoms with E-state index in [1.807, 2.05) is 95.2 Å². The average molecular weight is 535 g/mol. The molecule has 1 heterocycles. The predicted molar refractivity (Wildman–Crippen MR) is 165 cm³/mol. The van der Waals surface area contributed by atoms with Crippen LogP contribution in [0.1, 0.15) is 96.5 Å². The molecular weight excluding hydrogens is 484 g/mol. The molecule has 39 heavy (non-hydrogen) atoms. The molecule has 3 aromatic rings. The highest BCUT2D eigenvalue weighted by molar-refractivity contribution is 5.79. The molecule has 0 fully saturated rings. The highest BCUT2D eigenvalue weighted by Gasteiger charge is 2.26. The van der Waals surface area contributed by atoms with E-state index in [0.29, 0.717) is 29.7 Å². The summed E-state index contributed by atoms with van der Waals surface area (Å²) in [6.45, 7) is 11.6. The van der Waals surface area contributed by atoms with Crippen LogP contribution in [-0.4, -0.2) is 52.4 Å². The molecule has 1 atom stereocenters. The van der Waals surface area contributed by atoms with Crippen LogP contribution in [0, 0.1) is 6.92 Å². The van der Waals surface area contributed by atoms with Crippen LogP contribution in [0.25, 0.3) is 16.6 Å². The predicted octanol–water partition coefficient (Wildman–Crippen LogP) is 7.31. The summed E-state index contributed by atoms with van der Waals surface area (Å²) < 4.78 is 1.69. The second-order valence-corrected chi connectivity index (χ2v) is 10.4. The number of rotatable bonds is 14. The first-order valence-electron chi connectivity index (χ1n) is 14.9. The molecule has 0 N–H and O–H groups in total. The van der Waals surface area contributed by atoms with Crippen LogP contribution >= 0.6 is 0 Å². The number of nitrogens with zero attached hydrogens (tertiary/aromatic N) is 4. The van der Waals surface area contributed by atoms with Crippen LogP contribution in [0.5, 0.6) is 0 Å². The molecule has 214 valence electrons. The summed E-state index contributed by atoms with van der Waals surface area (Å²) in [5.74, 6) is 0.722. The number of fused-ring (bicyclic) bond motifs is 1. The maximum atomic E-state index is 13.7. The summed E-state index contributed by atoms with van der Waals surface area (Å²) >= 11 is 0. The molecule has 0 aliphatic heterocycles. The highest BCUT2D eigenvalue weighted by atomic mass is 16.2. The third-order valence-electron chi connectivity index (χ3n) is 7.04. The molecule has 0 saturated heterocycles. The molecule has 0 aliphatic carbocycles. The zero-order chi connectivity index (χ0) is 28.8. The molecule has 1 amide bonds. The van der Waals surface area contributed by atoms with Crippen molar-refractivity contribution in [2.45, 2.75) is 92.0 Å². The molecule has 0 bridgehead atoms. The Morgan fingerprint density at radius 1 is 0.897 bits per heavy atom. The van der Waals surface area contributed by atoms with Crippen molar-refractivity contribution in [1.29, 1.82) is 0 Å². The van der Waals surface area contributed by atoms with Crippen LogP contribution in [0.3, 0.4) is 0 Å². The van der Waals surface area contributed by atoms with E-state index in [0.717, 1.165) is 30.6 Å². The van der Waals surface area contributed by atoms with Crippen molar-refractivity contribution in [2.75, 3.05) is 27.2 Å². The first-order valence-corrected chi connectivity index (χ1v) is 14.9. The maximum Gasteiger partial charge on any atom is 0.266 e. The summed E-state index contributed by atoms with van der Waals surface area (Å²) in [5, 5.41) is 0.577. The van der Waals surface area contributed by atoms with Gasteiger partial charge >= 0.3 is 0 Å². The van der Waals surface area contributed by atoms with Crippen molar-refractivity contribution < 1.29 is 4.79 Å². The molecule has 1 aromatic heterocycles. The largest absolute Gasteiger partial charge is 0.331 e. The summed E-state index contributed by atoms with van der Waals surface area (Å²) in [5.41, 5.74) is 2.44. The standard InChI is InChI=1S/C31H44N4O2.C2H6/c1-6-7-8-9-10-11-12-17-29(36)34(23-22-33(4)5)25(3)30-32-28-16-14-13-15-27(28)31(37)35(30)26-20-18-24(2)19-21-26;1-2/h13-16,18-21,25H,6-12,17,22-23H2,1-5H3;1-2H3. The lowest BCUT2D eigenvalue weighted by molar-refractivity contribution is -0.133. The molecule has 0 radical (unpaired) electrons. The number of carbonyl (C=O) groups excluding carboxylic acids is 1. The lowest BCUT2D eigenvalue weighted by atomic mass is 10.1. The fourth-order valence-electron chi connectivity index (χ4n) is 4.73. The van der Waals surface area contributed by atoms with Crippen LogP contribution in [0.4, 0.5) is 0 Å². The van der Waals surface area contributed by atoms with E-state index in [4.69, 9.17) is 4.98 Å². The molecule has 0 aliphatic rings. The monoisotopic (exact) mass is 534 g/mol. The van der Waals surface area contributed by atoms with Gasteiger partial charge in [-0.1, -0.05) is 89.1 Å². The van der Waals surface area contributed by atoms with Gasteiger partial charge in [0, 0.05) is 19.5 Å². The number of amides is 1. The van der Waals surface area contributed by atoms with E-state index in [1.165, 1.54) is 32.1 Å². The molecule has 2 aromatic carbocycles. The first kappa shape index (κ1) is 32.2. The van der Waals surface area contributed by atoms with Crippen LogP contribution in [0.15, 0.2) is 53.3 Å². The number of aromatic nitrogens is 2. The Morgan fingerprint density at radius 2 is 1.51 bits per heavy atom. The van der Waals surface area contributed by atoms with E-state index in [-0.39, 0.29) is 17.5 Å². The van der Waals surface area contributed by atoms with Crippen molar-refractivity contribution in [3.8, 4) is 5.69 Å². The average Bonchev–Trinajstić information content (AvgIpc) is 2.94. The second-order valence-electron chi connectivity index (χ2n) is 10.4. The fourth-order valence-corrected chi connectivity index (χ4v) is 4.73. The molecule has 1 unspecified atom stereocenters. The molecule has 6 heteroatoms. The Bertz CT molecular complexity index is 1200. The number of likely N-dealkylation sites (N-methyl/N-ethyl adjacent to an activating group) is 1. The summed E-state index contributed by atoms with van der Waals surface area (Å²) in [4.78, 5) is 36.2. The molecule has 0 spiro atoms. The maximum absolute atomic E-state index is 13.7. The van der Waals surface area contributed by atoms with Crippen LogP contribution < -0.4 is 5.56 Å². The van der Waals surface area contributed by atoms with Crippen LogP contribution in [-0.2, 0) is 4.79 Å². The van der Waals surface area contributed by atoms with Gasteiger partial charge in [-0.15, -0.1) is 0 Å². The lowest BCUT2D eigenvalue weighted by Crippen LogP contribution is -2.40. The number of para-hydroxylation sites is 1. The van der Waals surface area contributed by atoms with Gasteiger partial charge in [-0.3, -0.25) is 14.2 Å². The van der Waals surface area contributed by atoms with Gasteiger partial charge in [-0.25, -0.2) is 4.98 Å². The Kier molecular flexibility index (Phi) is 13.9. The van der Waals surface area contributed by atoms with Gasteiger partial charge in [0.2, 0.25) is 5.91 Å². The SMILES string of the molecule is CC.CCCCCCCCCC(=O)N(CCN(C)C)C(C)c1nc2ccccc2c(=O)n1-c1ccc(C)cc1. The quantitative estimate of drug-likeness (QED) is 0.203. The number of hydrogen-bond acceptors (Lipinski definition) is 4. The molecule has 6 nitrogen and oxygen atoms in total. The van der Waals surface area contributed by atoms with Crippen molar-refractivity contribution in [3.63, 3.8) is 0 Å². The van der Waals surface area contributed by atoms with Gasteiger partial charge in [0.05, 0.1) is 22.6 Å². The number of hydrogen-bond donors (Lipinski definition) is 0. The second kappa shape index (κ2) is 16.9. The normalized spacial score (nSPS) is 11.8. The van der Waals surface area contributed by atoms with E-state index in [1.54, 1.807) is 4.57 Å². The van der Waals surface area contributed by atoms with Gasteiger partial charge in [0.15, 0.2) is 0 Å². The summed E-state index contributed by atoms with van der Waals surface area (Å²) in [6, 6.07) is 15.0. The highest BCUT2D eigenvalue weighted by Crippen LogP contribution is 2.24. The number of carbonyl (C=O) groups is 1. The molecule has 3 rings (SSSR count). The Labute approximate surface area is 236 Å². The molecular formula is C33H50N4O2. The van der Waals surface area contributed by atoms with Gasteiger partial charge < -0.3 is 9.80 Å². The van der Waals surface area contributed by atoms with E-state index >= 15 is 0 Å². The smallest absolute Gasteiger partial charge is 0.266 e. The van der Waals surface area contributed by atoms with Crippen molar-refractivity contribution in [2.24, 2.45) is 0 Å². The van der Waals surface area contributed by atoms with Crippen molar-refractivity contribution in [3.05, 3.63) is 70.3 Å². The first-order chi connectivity index (χ1) is 18.8. The Morgan fingerprint density at radius 3 is 2.15 bits per heavy atom. The molecule has 0 saturated carbocycles.